The maximum atomic E-state index is 6.56. The first-order valence-corrected chi connectivity index (χ1v) is 9.23. The van der Waals surface area contributed by atoms with Crippen LogP contribution in [0.25, 0.3) is 0 Å². The van der Waals surface area contributed by atoms with Gasteiger partial charge in [0.2, 0.25) is 0 Å². The van der Waals surface area contributed by atoms with Crippen molar-refractivity contribution in [1.82, 2.24) is 0 Å². The van der Waals surface area contributed by atoms with Gasteiger partial charge in [-0.15, -0.1) is 0 Å². The average molecular weight is 312 g/mol. The van der Waals surface area contributed by atoms with Crippen molar-refractivity contribution < 1.29 is 14.2 Å². The van der Waals surface area contributed by atoms with Crippen LogP contribution in [0.2, 0.25) is 0 Å². The molecular weight excluding hydrogens is 276 g/mol. The highest BCUT2D eigenvalue weighted by Gasteiger charge is 2.51. The molecule has 0 spiro atoms. The lowest BCUT2D eigenvalue weighted by atomic mass is 9.79. The highest BCUT2D eigenvalue weighted by Crippen LogP contribution is 2.44. The monoisotopic (exact) mass is 312 g/mol. The molecule has 9 unspecified atom stereocenters. The molecule has 22 heavy (non-hydrogen) atoms. The van der Waals surface area contributed by atoms with Crippen molar-refractivity contribution in [3.05, 3.63) is 0 Å². The SMILES string of the molecule is CCC1OC(C)(CC)C(OC2OC(C)C(C)C(C)C2C)C1C. The van der Waals surface area contributed by atoms with Crippen LogP contribution in [0.5, 0.6) is 0 Å². The number of rotatable bonds is 4. The van der Waals surface area contributed by atoms with E-state index in [1.807, 2.05) is 0 Å². The normalized spacial score (nSPS) is 52.9. The molecule has 0 radical (unpaired) electrons. The summed E-state index contributed by atoms with van der Waals surface area (Å²) in [6.07, 6.45) is 2.57. The summed E-state index contributed by atoms with van der Waals surface area (Å²) in [6.45, 7) is 17.9. The minimum Gasteiger partial charge on any atom is -0.369 e. The standard InChI is InChI=1S/C19H36O3/c1-9-16-14(6)17(19(8,10-2)22-16)21-18-13(5)11(3)12(4)15(7)20-18/h11-18H,9-10H2,1-8H3. The minimum atomic E-state index is -0.196. The summed E-state index contributed by atoms with van der Waals surface area (Å²) < 4.78 is 19.1. The van der Waals surface area contributed by atoms with E-state index in [9.17, 15) is 0 Å². The molecule has 0 aromatic heterocycles. The van der Waals surface area contributed by atoms with Crippen molar-refractivity contribution in [3.63, 3.8) is 0 Å². The van der Waals surface area contributed by atoms with Gasteiger partial charge in [-0.1, -0.05) is 41.5 Å². The van der Waals surface area contributed by atoms with Crippen LogP contribution in [0, 0.1) is 23.7 Å². The van der Waals surface area contributed by atoms with E-state index in [1.165, 1.54) is 0 Å². The molecular formula is C19H36O3. The Morgan fingerprint density at radius 2 is 1.55 bits per heavy atom. The maximum absolute atomic E-state index is 6.56. The number of hydrogen-bond donors (Lipinski definition) is 0. The quantitative estimate of drug-likeness (QED) is 0.757. The average Bonchev–Trinajstić information content (AvgIpc) is 2.75. The van der Waals surface area contributed by atoms with E-state index in [4.69, 9.17) is 14.2 Å². The minimum absolute atomic E-state index is 0.112. The third-order valence-corrected chi connectivity index (χ3v) is 6.65. The zero-order valence-electron chi connectivity index (χ0n) is 15.8. The molecule has 2 rings (SSSR count). The molecule has 2 aliphatic heterocycles. The predicted octanol–water partition coefficient (Wildman–Crippen LogP) is 4.64. The van der Waals surface area contributed by atoms with E-state index in [1.54, 1.807) is 0 Å². The van der Waals surface area contributed by atoms with Crippen LogP contribution >= 0.6 is 0 Å². The van der Waals surface area contributed by atoms with Gasteiger partial charge >= 0.3 is 0 Å². The maximum Gasteiger partial charge on any atom is 0.161 e. The molecule has 3 nitrogen and oxygen atoms in total. The Morgan fingerprint density at radius 1 is 0.909 bits per heavy atom. The third-order valence-electron chi connectivity index (χ3n) is 6.65. The van der Waals surface area contributed by atoms with Crippen molar-refractivity contribution in [2.75, 3.05) is 0 Å². The van der Waals surface area contributed by atoms with Gasteiger partial charge in [-0.3, -0.25) is 0 Å². The van der Waals surface area contributed by atoms with Gasteiger partial charge in [0.1, 0.15) is 0 Å². The molecule has 0 aliphatic carbocycles. The van der Waals surface area contributed by atoms with Crippen LogP contribution in [0.4, 0.5) is 0 Å². The van der Waals surface area contributed by atoms with Gasteiger partial charge < -0.3 is 14.2 Å². The predicted molar refractivity (Wildman–Crippen MR) is 89.7 cm³/mol. The van der Waals surface area contributed by atoms with E-state index < -0.39 is 0 Å². The van der Waals surface area contributed by atoms with Crippen LogP contribution in [-0.2, 0) is 14.2 Å². The molecule has 3 heteroatoms. The molecule has 0 N–H and O–H groups in total. The van der Waals surface area contributed by atoms with Gasteiger partial charge in [-0.05, 0) is 38.5 Å². The Bertz CT molecular complexity index is 372. The van der Waals surface area contributed by atoms with Crippen LogP contribution < -0.4 is 0 Å². The van der Waals surface area contributed by atoms with Gasteiger partial charge in [0.15, 0.2) is 6.29 Å². The smallest absolute Gasteiger partial charge is 0.161 e. The molecule has 2 saturated heterocycles. The molecule has 0 bridgehead atoms. The van der Waals surface area contributed by atoms with Crippen molar-refractivity contribution in [3.8, 4) is 0 Å². The Kier molecular flexibility index (Phi) is 5.62. The summed E-state index contributed by atoms with van der Waals surface area (Å²) in [5.41, 5.74) is -0.196. The van der Waals surface area contributed by atoms with Crippen LogP contribution in [0.3, 0.4) is 0 Å². The van der Waals surface area contributed by atoms with Crippen LogP contribution in [0.15, 0.2) is 0 Å². The first-order chi connectivity index (χ1) is 10.2. The second-order valence-corrected chi connectivity index (χ2v) is 7.93. The van der Waals surface area contributed by atoms with Crippen molar-refractivity contribution in [2.45, 2.75) is 98.4 Å². The summed E-state index contributed by atoms with van der Waals surface area (Å²) in [6, 6.07) is 0. The molecule has 2 aliphatic rings. The van der Waals surface area contributed by atoms with Gasteiger partial charge in [-0.25, -0.2) is 0 Å². The molecule has 0 saturated carbocycles. The fourth-order valence-electron chi connectivity index (χ4n) is 4.19. The first kappa shape index (κ1) is 18.2. The molecule has 130 valence electrons. The fraction of sp³-hybridized carbons (Fsp3) is 1.00. The number of hydrogen-bond acceptors (Lipinski definition) is 3. The van der Waals surface area contributed by atoms with E-state index in [0.29, 0.717) is 29.8 Å². The second kappa shape index (κ2) is 6.78. The molecule has 9 atom stereocenters. The van der Waals surface area contributed by atoms with Crippen LogP contribution in [0.1, 0.15) is 68.2 Å². The zero-order valence-corrected chi connectivity index (χ0v) is 15.8. The lowest BCUT2D eigenvalue weighted by molar-refractivity contribution is -0.276. The summed E-state index contributed by atoms with van der Waals surface area (Å²) in [5.74, 6) is 2.02. The van der Waals surface area contributed by atoms with E-state index >= 15 is 0 Å². The Morgan fingerprint density at radius 3 is 2.09 bits per heavy atom. The highest BCUT2D eigenvalue weighted by molar-refractivity contribution is 4.98. The molecule has 2 fully saturated rings. The summed E-state index contributed by atoms with van der Waals surface area (Å²) in [5, 5.41) is 0. The second-order valence-electron chi connectivity index (χ2n) is 7.93. The van der Waals surface area contributed by atoms with Crippen molar-refractivity contribution in [1.29, 1.82) is 0 Å². The van der Waals surface area contributed by atoms with Crippen molar-refractivity contribution in [2.24, 2.45) is 23.7 Å². The van der Waals surface area contributed by atoms with E-state index in [0.717, 1.165) is 12.8 Å². The van der Waals surface area contributed by atoms with Gasteiger partial charge in [0, 0.05) is 11.8 Å². The van der Waals surface area contributed by atoms with Gasteiger partial charge in [0.25, 0.3) is 0 Å². The Balaban J connectivity index is 2.14. The lowest BCUT2D eigenvalue weighted by Gasteiger charge is -2.44. The Hall–Kier alpha value is -0.120. The topological polar surface area (TPSA) is 27.7 Å². The summed E-state index contributed by atoms with van der Waals surface area (Å²) in [7, 11) is 0. The Labute approximate surface area is 137 Å². The molecule has 2 heterocycles. The highest BCUT2D eigenvalue weighted by atomic mass is 16.7. The summed E-state index contributed by atoms with van der Waals surface area (Å²) >= 11 is 0. The van der Waals surface area contributed by atoms with Gasteiger partial charge in [0.05, 0.1) is 23.9 Å². The molecule has 0 amide bonds. The lowest BCUT2D eigenvalue weighted by Crippen LogP contribution is -2.50. The molecule has 0 aromatic rings. The third kappa shape index (κ3) is 3.09. The van der Waals surface area contributed by atoms with Gasteiger partial charge in [-0.2, -0.15) is 0 Å². The van der Waals surface area contributed by atoms with Crippen molar-refractivity contribution >= 4 is 0 Å². The van der Waals surface area contributed by atoms with E-state index in [-0.39, 0.29) is 24.1 Å². The number of ether oxygens (including phenoxy) is 3. The first-order valence-electron chi connectivity index (χ1n) is 9.23. The van der Waals surface area contributed by atoms with Crippen LogP contribution in [-0.4, -0.2) is 30.2 Å². The van der Waals surface area contributed by atoms with E-state index in [2.05, 4.69) is 55.4 Å². The molecule has 0 aromatic carbocycles. The fourth-order valence-corrected chi connectivity index (χ4v) is 4.19. The summed E-state index contributed by atoms with van der Waals surface area (Å²) in [4.78, 5) is 0. The zero-order chi connectivity index (χ0) is 16.7. The largest absolute Gasteiger partial charge is 0.369 e.